The third kappa shape index (κ3) is 4.28. The average molecular weight is 251 g/mol. The zero-order chi connectivity index (χ0) is 13.5. The molecule has 18 heavy (non-hydrogen) atoms. The van der Waals surface area contributed by atoms with Crippen LogP contribution < -0.4 is 10.1 Å². The molecule has 1 atom stereocenters. The van der Waals surface area contributed by atoms with Crippen molar-refractivity contribution in [3.8, 4) is 5.75 Å². The predicted octanol–water partition coefficient (Wildman–Crippen LogP) is 2.82. The fraction of sp³-hybridized carbons (Fsp3) is 0.500. The number of para-hydroxylation sites is 1. The zero-order valence-electron chi connectivity index (χ0n) is 11.4. The monoisotopic (exact) mass is 251 g/mol. The maximum Gasteiger partial charge on any atom is 0.407 e. The average Bonchev–Trinajstić information content (AvgIpc) is 2.28. The highest BCUT2D eigenvalue weighted by molar-refractivity contribution is 5.67. The molecule has 0 radical (unpaired) electrons. The molecule has 0 spiro atoms. The minimum atomic E-state index is -0.407. The molecule has 0 bridgehead atoms. The van der Waals surface area contributed by atoms with E-state index in [2.05, 4.69) is 5.32 Å². The van der Waals surface area contributed by atoms with Gasteiger partial charge < -0.3 is 14.8 Å². The van der Waals surface area contributed by atoms with Crippen LogP contribution in [0.25, 0.3) is 0 Å². The number of aryl methyl sites for hydroxylation is 2. The summed E-state index contributed by atoms with van der Waals surface area (Å²) in [5.74, 6) is 0.884. The van der Waals surface area contributed by atoms with Crippen LogP contribution in [0.2, 0.25) is 0 Å². The number of nitrogens with one attached hydrogen (secondary N) is 1. The molecule has 4 nitrogen and oxygen atoms in total. The van der Waals surface area contributed by atoms with Crippen molar-refractivity contribution < 1.29 is 14.3 Å². The van der Waals surface area contributed by atoms with Crippen molar-refractivity contribution in [2.75, 3.05) is 13.2 Å². The van der Waals surface area contributed by atoms with Gasteiger partial charge in [-0.2, -0.15) is 0 Å². The lowest BCUT2D eigenvalue weighted by Crippen LogP contribution is -2.37. The molecule has 0 fully saturated rings. The first-order valence-electron chi connectivity index (χ1n) is 6.17. The summed E-state index contributed by atoms with van der Waals surface area (Å²) in [5.41, 5.74) is 2.19. The Kier molecular flexibility index (Phi) is 5.49. The maximum absolute atomic E-state index is 11.2. The normalized spacial score (nSPS) is 11.8. The quantitative estimate of drug-likeness (QED) is 0.875. The summed E-state index contributed by atoms with van der Waals surface area (Å²) < 4.78 is 10.5. The van der Waals surface area contributed by atoms with E-state index >= 15 is 0 Å². The Bertz CT molecular complexity index is 384. The molecule has 1 rings (SSSR count). The van der Waals surface area contributed by atoms with Crippen molar-refractivity contribution >= 4 is 6.09 Å². The first-order chi connectivity index (χ1) is 8.54. The van der Waals surface area contributed by atoms with Crippen molar-refractivity contribution in [3.05, 3.63) is 29.3 Å². The molecule has 1 N–H and O–H groups in total. The molecule has 4 heteroatoms. The fourth-order valence-electron chi connectivity index (χ4n) is 1.65. The first-order valence-corrected chi connectivity index (χ1v) is 6.17. The lowest BCUT2D eigenvalue weighted by molar-refractivity contribution is 0.144. The van der Waals surface area contributed by atoms with Crippen LogP contribution in [0.3, 0.4) is 0 Å². The van der Waals surface area contributed by atoms with Gasteiger partial charge in [-0.05, 0) is 38.8 Å². The summed E-state index contributed by atoms with van der Waals surface area (Å²) in [6, 6.07) is 5.91. The van der Waals surface area contributed by atoms with E-state index in [1.807, 2.05) is 39.0 Å². The molecule has 0 saturated carbocycles. The molecule has 0 aliphatic rings. The summed E-state index contributed by atoms with van der Waals surface area (Å²) in [6.45, 7) is 8.46. The summed E-state index contributed by atoms with van der Waals surface area (Å²) in [4.78, 5) is 11.2. The van der Waals surface area contributed by atoms with E-state index < -0.39 is 6.09 Å². The topological polar surface area (TPSA) is 47.6 Å². The van der Waals surface area contributed by atoms with Gasteiger partial charge in [-0.1, -0.05) is 18.2 Å². The third-order valence-corrected chi connectivity index (χ3v) is 2.53. The lowest BCUT2D eigenvalue weighted by atomic mass is 10.1. The van der Waals surface area contributed by atoms with Crippen molar-refractivity contribution in [2.24, 2.45) is 0 Å². The number of rotatable bonds is 5. The maximum atomic E-state index is 11.2. The Morgan fingerprint density at radius 3 is 2.50 bits per heavy atom. The van der Waals surface area contributed by atoms with Gasteiger partial charge >= 0.3 is 6.09 Å². The largest absolute Gasteiger partial charge is 0.491 e. The molecular formula is C14H21NO3. The highest BCUT2D eigenvalue weighted by atomic mass is 16.5. The van der Waals surface area contributed by atoms with E-state index in [9.17, 15) is 4.79 Å². The Morgan fingerprint density at radius 2 is 1.94 bits per heavy atom. The number of benzene rings is 1. The molecule has 0 aliphatic carbocycles. The van der Waals surface area contributed by atoms with E-state index in [4.69, 9.17) is 9.47 Å². The van der Waals surface area contributed by atoms with Gasteiger partial charge in [0, 0.05) is 0 Å². The summed E-state index contributed by atoms with van der Waals surface area (Å²) in [7, 11) is 0. The number of carbonyl (C=O) groups excluding carboxylic acids is 1. The zero-order valence-corrected chi connectivity index (χ0v) is 11.4. The van der Waals surface area contributed by atoms with Crippen LogP contribution in [0.15, 0.2) is 18.2 Å². The van der Waals surface area contributed by atoms with Crippen molar-refractivity contribution in [3.63, 3.8) is 0 Å². The van der Waals surface area contributed by atoms with E-state index in [0.29, 0.717) is 13.2 Å². The second-order valence-corrected chi connectivity index (χ2v) is 4.30. The predicted molar refractivity (Wildman–Crippen MR) is 71.0 cm³/mol. The molecule has 100 valence electrons. The molecule has 1 unspecified atom stereocenters. The number of alkyl carbamates (subject to hydrolysis) is 1. The van der Waals surface area contributed by atoms with Crippen LogP contribution in [0.1, 0.15) is 25.0 Å². The second kappa shape index (κ2) is 6.89. The molecule has 0 aliphatic heterocycles. The summed E-state index contributed by atoms with van der Waals surface area (Å²) >= 11 is 0. The number of hydrogen-bond acceptors (Lipinski definition) is 3. The second-order valence-electron chi connectivity index (χ2n) is 4.30. The molecule has 1 aromatic rings. The summed E-state index contributed by atoms with van der Waals surface area (Å²) in [6.07, 6.45) is -0.407. The van der Waals surface area contributed by atoms with Crippen LogP contribution in [0, 0.1) is 13.8 Å². The van der Waals surface area contributed by atoms with Crippen LogP contribution in [-0.2, 0) is 4.74 Å². The van der Waals surface area contributed by atoms with Crippen LogP contribution in [0.4, 0.5) is 4.79 Å². The Labute approximate surface area is 108 Å². The van der Waals surface area contributed by atoms with Gasteiger partial charge in [0.1, 0.15) is 12.4 Å². The van der Waals surface area contributed by atoms with E-state index in [1.54, 1.807) is 6.92 Å². The van der Waals surface area contributed by atoms with Gasteiger partial charge in [-0.3, -0.25) is 0 Å². The number of carbonyl (C=O) groups is 1. The van der Waals surface area contributed by atoms with Crippen LogP contribution in [-0.4, -0.2) is 25.3 Å². The summed E-state index contributed by atoms with van der Waals surface area (Å²) in [5, 5.41) is 2.70. The molecule has 0 saturated heterocycles. The number of amides is 1. The SMILES string of the molecule is CCOC(=O)NC(C)COc1c(C)cccc1C. The fourth-order valence-corrected chi connectivity index (χ4v) is 1.65. The minimum Gasteiger partial charge on any atom is -0.491 e. The molecular weight excluding hydrogens is 230 g/mol. The first kappa shape index (κ1) is 14.4. The van der Waals surface area contributed by atoms with Crippen LogP contribution >= 0.6 is 0 Å². The highest BCUT2D eigenvalue weighted by Gasteiger charge is 2.10. The number of hydrogen-bond donors (Lipinski definition) is 1. The van der Waals surface area contributed by atoms with Crippen molar-refractivity contribution in [1.82, 2.24) is 5.32 Å². The Morgan fingerprint density at radius 1 is 1.33 bits per heavy atom. The highest BCUT2D eigenvalue weighted by Crippen LogP contribution is 2.22. The lowest BCUT2D eigenvalue weighted by Gasteiger charge is -2.17. The minimum absolute atomic E-state index is 0.0944. The van der Waals surface area contributed by atoms with Crippen molar-refractivity contribution in [1.29, 1.82) is 0 Å². The van der Waals surface area contributed by atoms with E-state index in [0.717, 1.165) is 16.9 Å². The van der Waals surface area contributed by atoms with Gasteiger partial charge in [0.2, 0.25) is 0 Å². The van der Waals surface area contributed by atoms with Gasteiger partial charge in [0.25, 0.3) is 0 Å². The van der Waals surface area contributed by atoms with Gasteiger partial charge in [0.05, 0.1) is 12.6 Å². The molecule has 0 heterocycles. The third-order valence-electron chi connectivity index (χ3n) is 2.53. The Hall–Kier alpha value is -1.71. The Balaban J connectivity index is 2.47. The van der Waals surface area contributed by atoms with Gasteiger partial charge in [-0.25, -0.2) is 4.79 Å². The molecule has 0 aromatic heterocycles. The van der Waals surface area contributed by atoms with Crippen molar-refractivity contribution in [2.45, 2.75) is 33.7 Å². The smallest absolute Gasteiger partial charge is 0.407 e. The standard InChI is InChI=1S/C14H21NO3/c1-5-17-14(16)15-12(4)9-18-13-10(2)7-6-8-11(13)3/h6-8,12H,5,9H2,1-4H3,(H,15,16). The van der Waals surface area contributed by atoms with Crippen LogP contribution in [0.5, 0.6) is 5.75 Å². The van der Waals surface area contributed by atoms with E-state index in [-0.39, 0.29) is 6.04 Å². The number of ether oxygens (including phenoxy) is 2. The van der Waals surface area contributed by atoms with Gasteiger partial charge in [-0.15, -0.1) is 0 Å². The molecule has 1 aromatic carbocycles. The van der Waals surface area contributed by atoms with Gasteiger partial charge in [0.15, 0.2) is 0 Å². The van der Waals surface area contributed by atoms with E-state index in [1.165, 1.54) is 0 Å². The molecule has 1 amide bonds.